The van der Waals surface area contributed by atoms with Crippen LogP contribution in [0.1, 0.15) is 24.2 Å². The van der Waals surface area contributed by atoms with Gasteiger partial charge in [-0.3, -0.25) is 0 Å². The maximum absolute atomic E-state index is 9.80. The van der Waals surface area contributed by atoms with Crippen LogP contribution in [0.5, 0.6) is 11.5 Å². The van der Waals surface area contributed by atoms with E-state index in [2.05, 4.69) is 0 Å². The molecule has 1 atom stereocenters. The summed E-state index contributed by atoms with van der Waals surface area (Å²) in [5.41, 5.74) is 7.22. The first-order chi connectivity index (χ1) is 7.69. The van der Waals surface area contributed by atoms with Gasteiger partial charge in [-0.05, 0) is 18.1 Å². The van der Waals surface area contributed by atoms with Crippen molar-refractivity contribution in [2.24, 2.45) is 5.73 Å². The zero-order valence-corrected chi connectivity index (χ0v) is 9.99. The first-order valence-corrected chi connectivity index (χ1v) is 5.31. The van der Waals surface area contributed by atoms with Crippen LogP contribution in [0.3, 0.4) is 0 Å². The summed E-state index contributed by atoms with van der Waals surface area (Å²) in [6, 6.07) is 3.62. The van der Waals surface area contributed by atoms with Crippen LogP contribution in [0.2, 0.25) is 0 Å². The molecular weight excluding hydrogens is 206 g/mol. The van der Waals surface area contributed by atoms with E-state index in [4.69, 9.17) is 15.2 Å². The van der Waals surface area contributed by atoms with Crippen molar-refractivity contribution in [3.8, 4) is 11.5 Å². The summed E-state index contributed by atoms with van der Waals surface area (Å²) < 4.78 is 10.5. The average molecular weight is 225 g/mol. The number of hydrogen-bond donors (Lipinski definition) is 2. The second-order valence-corrected chi connectivity index (χ2v) is 3.47. The third kappa shape index (κ3) is 2.28. The fourth-order valence-corrected chi connectivity index (χ4v) is 1.81. The van der Waals surface area contributed by atoms with Crippen molar-refractivity contribution >= 4 is 0 Å². The van der Waals surface area contributed by atoms with Crippen molar-refractivity contribution in [1.29, 1.82) is 0 Å². The van der Waals surface area contributed by atoms with Gasteiger partial charge in [0.2, 0.25) is 0 Å². The van der Waals surface area contributed by atoms with Gasteiger partial charge in [0.05, 0.1) is 20.3 Å². The monoisotopic (exact) mass is 225 g/mol. The minimum Gasteiger partial charge on any atom is -0.493 e. The zero-order valence-electron chi connectivity index (χ0n) is 9.99. The van der Waals surface area contributed by atoms with Gasteiger partial charge in [-0.1, -0.05) is 13.0 Å². The Morgan fingerprint density at radius 1 is 1.31 bits per heavy atom. The summed E-state index contributed by atoms with van der Waals surface area (Å²) in [6.45, 7) is 2.20. The lowest BCUT2D eigenvalue weighted by Crippen LogP contribution is -2.14. The summed E-state index contributed by atoms with van der Waals surface area (Å²) in [6.07, 6.45) is 0.0991. The number of nitrogens with two attached hydrogens (primary N) is 1. The Morgan fingerprint density at radius 3 is 2.44 bits per heavy atom. The topological polar surface area (TPSA) is 64.7 Å². The quantitative estimate of drug-likeness (QED) is 0.791. The molecule has 1 rings (SSSR count). The molecule has 16 heavy (non-hydrogen) atoms. The van der Waals surface area contributed by atoms with Gasteiger partial charge >= 0.3 is 0 Å². The van der Waals surface area contributed by atoms with E-state index in [1.807, 2.05) is 13.0 Å². The number of aliphatic hydroxyl groups excluding tert-OH is 1. The highest BCUT2D eigenvalue weighted by atomic mass is 16.5. The minimum absolute atomic E-state index is 0.197. The molecule has 1 aromatic carbocycles. The molecule has 0 fully saturated rings. The molecule has 0 aliphatic carbocycles. The molecular formula is C12H19NO3. The maximum Gasteiger partial charge on any atom is 0.164 e. The lowest BCUT2D eigenvalue weighted by molar-refractivity contribution is 0.185. The average Bonchev–Trinajstić information content (AvgIpc) is 2.35. The van der Waals surface area contributed by atoms with Gasteiger partial charge in [0.25, 0.3) is 0 Å². The van der Waals surface area contributed by atoms with Crippen LogP contribution in [0.4, 0.5) is 0 Å². The highest BCUT2D eigenvalue weighted by Crippen LogP contribution is 2.35. The van der Waals surface area contributed by atoms with E-state index >= 15 is 0 Å². The van der Waals surface area contributed by atoms with Crippen LogP contribution < -0.4 is 15.2 Å². The van der Waals surface area contributed by atoms with Crippen LogP contribution >= 0.6 is 0 Å². The Bertz CT molecular complexity index is 352. The molecule has 0 aliphatic rings. The molecule has 0 aliphatic heterocycles. The van der Waals surface area contributed by atoms with Crippen LogP contribution in [-0.4, -0.2) is 25.9 Å². The molecule has 3 N–H and O–H groups in total. The number of rotatable bonds is 5. The molecule has 0 bridgehead atoms. The van der Waals surface area contributed by atoms with Crippen molar-refractivity contribution in [3.63, 3.8) is 0 Å². The smallest absolute Gasteiger partial charge is 0.164 e. The molecule has 0 saturated carbocycles. The minimum atomic E-state index is -0.658. The molecule has 0 amide bonds. The van der Waals surface area contributed by atoms with Crippen molar-refractivity contribution < 1.29 is 14.6 Å². The Morgan fingerprint density at radius 2 is 2.00 bits per heavy atom. The van der Waals surface area contributed by atoms with Gasteiger partial charge in [0.1, 0.15) is 0 Å². The standard InChI is InChI=1S/C12H19NO3/c1-4-8-9(10(14)7-13)5-6-11(15-2)12(8)16-3/h5-6,10,14H,4,7,13H2,1-3H3. The Kier molecular flexibility index (Phi) is 4.58. The number of ether oxygens (including phenoxy) is 2. The van der Waals surface area contributed by atoms with E-state index in [-0.39, 0.29) is 6.54 Å². The zero-order chi connectivity index (χ0) is 12.1. The van der Waals surface area contributed by atoms with Crippen LogP contribution in [0, 0.1) is 0 Å². The third-order valence-electron chi connectivity index (χ3n) is 2.62. The van der Waals surface area contributed by atoms with Crippen molar-refractivity contribution in [3.05, 3.63) is 23.3 Å². The number of aliphatic hydroxyl groups is 1. The second kappa shape index (κ2) is 5.72. The first kappa shape index (κ1) is 12.8. The van der Waals surface area contributed by atoms with E-state index in [0.29, 0.717) is 11.5 Å². The maximum atomic E-state index is 9.80. The summed E-state index contributed by atoms with van der Waals surface area (Å²) in [5.74, 6) is 1.35. The Hall–Kier alpha value is -1.26. The molecule has 0 aromatic heterocycles. The fraction of sp³-hybridized carbons (Fsp3) is 0.500. The molecule has 1 aromatic rings. The largest absolute Gasteiger partial charge is 0.493 e. The summed E-state index contributed by atoms with van der Waals surface area (Å²) >= 11 is 0. The molecule has 0 saturated heterocycles. The number of hydrogen-bond acceptors (Lipinski definition) is 4. The Labute approximate surface area is 96.0 Å². The van der Waals surface area contributed by atoms with Gasteiger partial charge in [-0.15, -0.1) is 0 Å². The molecule has 0 heterocycles. The van der Waals surface area contributed by atoms with Gasteiger partial charge in [0, 0.05) is 12.1 Å². The lowest BCUT2D eigenvalue weighted by Gasteiger charge is -2.18. The molecule has 0 spiro atoms. The third-order valence-corrected chi connectivity index (χ3v) is 2.62. The lowest BCUT2D eigenvalue weighted by atomic mass is 9.98. The second-order valence-electron chi connectivity index (χ2n) is 3.47. The molecule has 4 heteroatoms. The fourth-order valence-electron chi connectivity index (χ4n) is 1.81. The number of benzene rings is 1. The van der Waals surface area contributed by atoms with Crippen molar-refractivity contribution in [2.75, 3.05) is 20.8 Å². The van der Waals surface area contributed by atoms with E-state index in [9.17, 15) is 5.11 Å². The van der Waals surface area contributed by atoms with E-state index in [1.165, 1.54) is 0 Å². The Balaban J connectivity index is 3.31. The van der Waals surface area contributed by atoms with Crippen LogP contribution in [0.25, 0.3) is 0 Å². The molecule has 0 radical (unpaired) electrons. The molecule has 90 valence electrons. The molecule has 1 unspecified atom stereocenters. The van der Waals surface area contributed by atoms with Crippen molar-refractivity contribution in [2.45, 2.75) is 19.4 Å². The summed E-state index contributed by atoms with van der Waals surface area (Å²) in [5, 5.41) is 9.80. The predicted molar refractivity (Wildman–Crippen MR) is 62.9 cm³/mol. The van der Waals surface area contributed by atoms with Gasteiger partial charge in [-0.2, -0.15) is 0 Å². The number of methoxy groups -OCH3 is 2. The van der Waals surface area contributed by atoms with Crippen LogP contribution in [-0.2, 0) is 6.42 Å². The molecule has 4 nitrogen and oxygen atoms in total. The van der Waals surface area contributed by atoms with Gasteiger partial charge in [-0.25, -0.2) is 0 Å². The highest BCUT2D eigenvalue weighted by molar-refractivity contribution is 5.51. The SMILES string of the molecule is CCc1c(C(O)CN)ccc(OC)c1OC. The first-order valence-electron chi connectivity index (χ1n) is 5.31. The van der Waals surface area contributed by atoms with E-state index in [1.54, 1.807) is 20.3 Å². The summed E-state index contributed by atoms with van der Waals surface area (Å²) in [7, 11) is 3.19. The van der Waals surface area contributed by atoms with Crippen molar-refractivity contribution in [1.82, 2.24) is 0 Å². The van der Waals surface area contributed by atoms with Crippen LogP contribution in [0.15, 0.2) is 12.1 Å². The van der Waals surface area contributed by atoms with E-state index in [0.717, 1.165) is 17.5 Å². The summed E-state index contributed by atoms with van der Waals surface area (Å²) in [4.78, 5) is 0. The van der Waals surface area contributed by atoms with E-state index < -0.39 is 6.10 Å². The normalized spacial score (nSPS) is 12.3. The van der Waals surface area contributed by atoms with Gasteiger partial charge in [0.15, 0.2) is 11.5 Å². The predicted octanol–water partition coefficient (Wildman–Crippen LogP) is 1.26. The highest BCUT2D eigenvalue weighted by Gasteiger charge is 2.17. The van der Waals surface area contributed by atoms with Gasteiger partial charge < -0.3 is 20.3 Å².